The maximum absolute atomic E-state index is 11.8. The Hall–Kier alpha value is -0.830. The first-order valence-electron chi connectivity index (χ1n) is 10.6. The largest absolute Gasteiger partial charge is 0.456 e. The monoisotopic (exact) mass is 354 g/mol. The standard InChI is InChI=1S/C22H42O3/c1-5-7-9-11-12-14-15-17-20(23)21(25-22(24)19(3)4)18-16-13-10-8-6-2/h20-21,23H,3,5-18H2,1-2,4H3. The molecule has 0 aliphatic rings. The van der Waals surface area contributed by atoms with Gasteiger partial charge in [-0.2, -0.15) is 0 Å². The van der Waals surface area contributed by atoms with Crippen molar-refractivity contribution in [2.45, 2.75) is 123 Å². The van der Waals surface area contributed by atoms with Crippen molar-refractivity contribution < 1.29 is 14.6 Å². The summed E-state index contributed by atoms with van der Waals surface area (Å²) in [5.41, 5.74) is 0.402. The number of carbonyl (C=O) groups is 1. The van der Waals surface area contributed by atoms with Gasteiger partial charge >= 0.3 is 5.97 Å². The molecule has 0 aromatic carbocycles. The molecule has 0 rings (SSSR count). The topological polar surface area (TPSA) is 46.5 Å². The average Bonchev–Trinajstić information content (AvgIpc) is 2.59. The van der Waals surface area contributed by atoms with Gasteiger partial charge in [-0.05, 0) is 26.2 Å². The number of hydrogen-bond donors (Lipinski definition) is 1. The van der Waals surface area contributed by atoms with Gasteiger partial charge in [0.1, 0.15) is 6.10 Å². The Morgan fingerprint density at radius 1 is 0.840 bits per heavy atom. The van der Waals surface area contributed by atoms with Crippen LogP contribution >= 0.6 is 0 Å². The van der Waals surface area contributed by atoms with Crippen LogP contribution in [0.1, 0.15) is 111 Å². The van der Waals surface area contributed by atoms with Gasteiger partial charge in [0.15, 0.2) is 0 Å². The van der Waals surface area contributed by atoms with Crippen molar-refractivity contribution in [2.75, 3.05) is 0 Å². The Bertz CT molecular complexity index is 338. The fraction of sp³-hybridized carbons (Fsp3) is 0.864. The molecule has 0 saturated carbocycles. The molecule has 148 valence electrons. The summed E-state index contributed by atoms with van der Waals surface area (Å²) in [4.78, 5) is 11.8. The number of esters is 1. The molecule has 0 fully saturated rings. The van der Waals surface area contributed by atoms with Gasteiger partial charge in [0.2, 0.25) is 0 Å². The molecule has 25 heavy (non-hydrogen) atoms. The zero-order chi connectivity index (χ0) is 18.9. The third-order valence-electron chi connectivity index (χ3n) is 4.73. The van der Waals surface area contributed by atoms with E-state index in [0.29, 0.717) is 5.57 Å². The molecule has 0 heterocycles. The number of hydrogen-bond acceptors (Lipinski definition) is 3. The van der Waals surface area contributed by atoms with E-state index in [1.165, 1.54) is 51.4 Å². The number of aliphatic hydroxyl groups excluding tert-OH is 1. The lowest BCUT2D eigenvalue weighted by atomic mass is 9.99. The molecule has 0 amide bonds. The van der Waals surface area contributed by atoms with E-state index in [4.69, 9.17) is 4.74 Å². The Morgan fingerprint density at radius 3 is 1.76 bits per heavy atom. The maximum atomic E-state index is 11.8. The zero-order valence-corrected chi connectivity index (χ0v) is 17.0. The van der Waals surface area contributed by atoms with Gasteiger partial charge in [-0.3, -0.25) is 0 Å². The molecule has 0 aliphatic carbocycles. The van der Waals surface area contributed by atoms with E-state index in [0.717, 1.165) is 38.5 Å². The lowest BCUT2D eigenvalue weighted by Gasteiger charge is -2.23. The van der Waals surface area contributed by atoms with E-state index in [2.05, 4.69) is 20.4 Å². The lowest BCUT2D eigenvalue weighted by molar-refractivity contribution is -0.151. The highest BCUT2D eigenvalue weighted by Gasteiger charge is 2.23. The van der Waals surface area contributed by atoms with Crippen molar-refractivity contribution >= 4 is 5.97 Å². The number of carbonyl (C=O) groups excluding carboxylic acids is 1. The molecule has 2 atom stereocenters. The third-order valence-corrected chi connectivity index (χ3v) is 4.73. The molecule has 2 unspecified atom stereocenters. The van der Waals surface area contributed by atoms with Crippen molar-refractivity contribution in [3.05, 3.63) is 12.2 Å². The molecular formula is C22H42O3. The molecule has 0 bridgehead atoms. The number of aliphatic hydroxyl groups is 1. The SMILES string of the molecule is C=C(C)C(=O)OC(CCCCCCC)C(O)CCCCCCCCC. The Morgan fingerprint density at radius 2 is 1.28 bits per heavy atom. The van der Waals surface area contributed by atoms with Crippen molar-refractivity contribution in [3.8, 4) is 0 Å². The first-order valence-corrected chi connectivity index (χ1v) is 10.6. The minimum absolute atomic E-state index is 0.378. The smallest absolute Gasteiger partial charge is 0.333 e. The van der Waals surface area contributed by atoms with Crippen LogP contribution in [0.25, 0.3) is 0 Å². The minimum Gasteiger partial charge on any atom is -0.456 e. The molecule has 0 radical (unpaired) electrons. The molecule has 0 saturated heterocycles. The van der Waals surface area contributed by atoms with Crippen LogP contribution < -0.4 is 0 Å². The van der Waals surface area contributed by atoms with E-state index >= 15 is 0 Å². The molecule has 0 aromatic rings. The van der Waals surface area contributed by atoms with E-state index in [1.54, 1.807) is 6.92 Å². The summed E-state index contributed by atoms with van der Waals surface area (Å²) in [7, 11) is 0. The van der Waals surface area contributed by atoms with Gasteiger partial charge in [0, 0.05) is 5.57 Å². The predicted octanol–water partition coefficient (Wildman–Crippen LogP) is 6.34. The number of ether oxygens (including phenoxy) is 1. The van der Waals surface area contributed by atoms with Crippen LogP contribution in [-0.4, -0.2) is 23.3 Å². The normalized spacial score (nSPS) is 13.4. The summed E-state index contributed by atoms with van der Waals surface area (Å²) in [6, 6.07) is 0. The van der Waals surface area contributed by atoms with Gasteiger partial charge < -0.3 is 9.84 Å². The van der Waals surface area contributed by atoms with Gasteiger partial charge in [0.05, 0.1) is 6.10 Å². The number of rotatable bonds is 17. The molecule has 0 aromatic heterocycles. The summed E-state index contributed by atoms with van der Waals surface area (Å²) in [5.74, 6) is -0.378. The van der Waals surface area contributed by atoms with Gasteiger partial charge in [-0.1, -0.05) is 91.1 Å². The van der Waals surface area contributed by atoms with E-state index in [-0.39, 0.29) is 12.1 Å². The first-order chi connectivity index (χ1) is 12.0. The Balaban J connectivity index is 4.14. The molecule has 3 heteroatoms. The van der Waals surface area contributed by atoms with E-state index < -0.39 is 6.10 Å². The van der Waals surface area contributed by atoms with Crippen LogP contribution in [0.4, 0.5) is 0 Å². The minimum atomic E-state index is -0.551. The fourth-order valence-electron chi connectivity index (χ4n) is 3.01. The van der Waals surface area contributed by atoms with Crippen LogP contribution in [0, 0.1) is 0 Å². The maximum Gasteiger partial charge on any atom is 0.333 e. The highest BCUT2D eigenvalue weighted by atomic mass is 16.6. The molecule has 1 N–H and O–H groups in total. The van der Waals surface area contributed by atoms with Crippen LogP contribution in [0.3, 0.4) is 0 Å². The lowest BCUT2D eigenvalue weighted by Crippen LogP contribution is -2.31. The van der Waals surface area contributed by atoms with Crippen molar-refractivity contribution in [1.82, 2.24) is 0 Å². The second-order valence-electron chi connectivity index (χ2n) is 7.40. The van der Waals surface area contributed by atoms with Gasteiger partial charge in [-0.15, -0.1) is 0 Å². The summed E-state index contributed by atoms with van der Waals surface area (Å²) < 4.78 is 5.50. The quantitative estimate of drug-likeness (QED) is 0.188. The van der Waals surface area contributed by atoms with Crippen LogP contribution in [-0.2, 0) is 9.53 Å². The van der Waals surface area contributed by atoms with Crippen molar-refractivity contribution in [3.63, 3.8) is 0 Å². The molecule has 0 spiro atoms. The second-order valence-corrected chi connectivity index (χ2v) is 7.40. The van der Waals surface area contributed by atoms with Crippen LogP contribution in [0.2, 0.25) is 0 Å². The summed E-state index contributed by atoms with van der Waals surface area (Å²) in [6.45, 7) is 9.72. The molecule has 3 nitrogen and oxygen atoms in total. The van der Waals surface area contributed by atoms with Gasteiger partial charge in [0.25, 0.3) is 0 Å². The Kier molecular flexibility index (Phi) is 16.1. The second kappa shape index (κ2) is 16.6. The summed E-state index contributed by atoms with van der Waals surface area (Å²) in [5, 5.41) is 10.5. The molecule has 0 aliphatic heterocycles. The zero-order valence-electron chi connectivity index (χ0n) is 17.0. The summed E-state index contributed by atoms with van der Waals surface area (Å²) in [6.07, 6.45) is 14.9. The number of unbranched alkanes of at least 4 members (excludes halogenated alkanes) is 10. The van der Waals surface area contributed by atoms with Crippen LogP contribution in [0.15, 0.2) is 12.2 Å². The highest BCUT2D eigenvalue weighted by Crippen LogP contribution is 2.18. The van der Waals surface area contributed by atoms with E-state index in [1.807, 2.05) is 0 Å². The average molecular weight is 355 g/mol. The van der Waals surface area contributed by atoms with Crippen molar-refractivity contribution in [1.29, 1.82) is 0 Å². The van der Waals surface area contributed by atoms with Gasteiger partial charge in [-0.25, -0.2) is 4.79 Å². The predicted molar refractivity (Wildman–Crippen MR) is 107 cm³/mol. The summed E-state index contributed by atoms with van der Waals surface area (Å²) >= 11 is 0. The van der Waals surface area contributed by atoms with E-state index in [9.17, 15) is 9.90 Å². The highest BCUT2D eigenvalue weighted by molar-refractivity contribution is 5.87. The van der Waals surface area contributed by atoms with Crippen molar-refractivity contribution in [2.24, 2.45) is 0 Å². The fourth-order valence-corrected chi connectivity index (χ4v) is 3.01. The van der Waals surface area contributed by atoms with Crippen LogP contribution in [0.5, 0.6) is 0 Å². The first kappa shape index (κ1) is 24.2. The third kappa shape index (κ3) is 14.1. The molecular weight excluding hydrogens is 312 g/mol. The Labute approximate surface area is 156 Å².